The molecule has 4 aromatic rings. The van der Waals surface area contributed by atoms with Gasteiger partial charge in [0.25, 0.3) is 5.91 Å². The van der Waals surface area contributed by atoms with Crippen molar-refractivity contribution in [3.8, 4) is 16.9 Å². The molecule has 0 aliphatic carbocycles. The van der Waals surface area contributed by atoms with Crippen molar-refractivity contribution in [2.75, 3.05) is 34.3 Å². The van der Waals surface area contributed by atoms with E-state index >= 15 is 0 Å². The Bertz CT molecular complexity index is 1360. The summed E-state index contributed by atoms with van der Waals surface area (Å²) in [7, 11) is 4.93. The summed E-state index contributed by atoms with van der Waals surface area (Å²) in [6.07, 6.45) is 2.21. The Morgan fingerprint density at radius 3 is 2.67 bits per heavy atom. The number of ether oxygens (including phenoxy) is 1. The maximum absolute atomic E-state index is 13.8. The molecule has 8 heteroatoms. The summed E-state index contributed by atoms with van der Waals surface area (Å²) < 4.78 is 19.2. The molecule has 0 saturated heterocycles. The van der Waals surface area contributed by atoms with Crippen molar-refractivity contribution in [2.45, 2.75) is 19.4 Å². The molecule has 0 fully saturated rings. The van der Waals surface area contributed by atoms with Gasteiger partial charge in [-0.1, -0.05) is 30.3 Å². The van der Waals surface area contributed by atoms with Crippen LogP contribution in [0.5, 0.6) is 5.75 Å². The van der Waals surface area contributed by atoms with Crippen LogP contribution in [0.15, 0.2) is 66.9 Å². The Balaban J connectivity index is 1.71. The highest BCUT2D eigenvalue weighted by molar-refractivity contribution is 5.96. The zero-order valence-corrected chi connectivity index (χ0v) is 21.0. The molecule has 1 atom stereocenters. The number of aromatic nitrogens is 2. The van der Waals surface area contributed by atoms with Crippen molar-refractivity contribution < 1.29 is 18.6 Å². The zero-order chi connectivity index (χ0) is 25.9. The van der Waals surface area contributed by atoms with Crippen LogP contribution >= 0.6 is 0 Å². The highest BCUT2D eigenvalue weighted by Gasteiger charge is 2.27. The first-order valence-electron chi connectivity index (χ1n) is 11.9. The molecule has 36 heavy (non-hydrogen) atoms. The van der Waals surface area contributed by atoms with Gasteiger partial charge in [-0.15, -0.1) is 0 Å². The van der Waals surface area contributed by atoms with Gasteiger partial charge < -0.3 is 19.5 Å². The smallest absolute Gasteiger partial charge is 0.254 e. The van der Waals surface area contributed by atoms with Gasteiger partial charge in [-0.2, -0.15) is 5.10 Å². The number of para-hydroxylation sites is 1. The van der Waals surface area contributed by atoms with Gasteiger partial charge in [0, 0.05) is 35.5 Å². The quantitative estimate of drug-likeness (QED) is 0.247. The molecule has 1 heterocycles. The summed E-state index contributed by atoms with van der Waals surface area (Å²) in [5.41, 5.74) is 3.56. The number of halogens is 1. The van der Waals surface area contributed by atoms with E-state index in [2.05, 4.69) is 10.2 Å². The molecule has 1 aromatic heterocycles. The van der Waals surface area contributed by atoms with Crippen molar-refractivity contribution in [2.24, 2.45) is 0 Å². The maximum Gasteiger partial charge on any atom is 0.254 e. The second kappa shape index (κ2) is 10.5. The number of fused-ring (bicyclic) bond motifs is 1. The van der Waals surface area contributed by atoms with E-state index in [0.29, 0.717) is 42.0 Å². The number of carbonyl (C=O) groups excluding carboxylic acids is 1. The average Bonchev–Trinajstić information content (AvgIpc) is 3.33. The van der Waals surface area contributed by atoms with Crippen molar-refractivity contribution in [1.29, 1.82) is 0 Å². The van der Waals surface area contributed by atoms with Crippen LogP contribution in [0.2, 0.25) is 0 Å². The Morgan fingerprint density at radius 1 is 1.17 bits per heavy atom. The van der Waals surface area contributed by atoms with Crippen LogP contribution in [0.3, 0.4) is 0 Å². The number of nitrogens with one attached hydrogen (secondary N) is 1. The molecule has 7 nitrogen and oxygen atoms in total. The van der Waals surface area contributed by atoms with Crippen molar-refractivity contribution in [3.05, 3.63) is 89.0 Å². The molecule has 4 rings (SSSR count). The third kappa shape index (κ3) is 5.56. The highest BCUT2D eigenvalue weighted by Crippen LogP contribution is 2.34. The number of aromatic amines is 1. The van der Waals surface area contributed by atoms with Gasteiger partial charge in [0.15, 0.2) is 0 Å². The fourth-order valence-corrected chi connectivity index (χ4v) is 4.43. The minimum atomic E-state index is -0.464. The van der Waals surface area contributed by atoms with Gasteiger partial charge in [0.05, 0.1) is 45.0 Å². The highest BCUT2D eigenvalue weighted by atomic mass is 19.1. The number of amides is 1. The van der Waals surface area contributed by atoms with E-state index in [1.54, 1.807) is 62.6 Å². The predicted octanol–water partition coefficient (Wildman–Crippen LogP) is 5.55. The standard InChI is InChI=1S/C28H31FN4O3/c1-5-36-26-17-20(12-13-23(26)19-8-6-10-22(29)16-19)28(34)32(2)25(14-15-33(3,4)35)24-11-7-9-21-18-30-31-27(21)24/h6-13,16-18,25H,5,14-15H2,1-4H3,(H,30,31)/t25-/m1/s1. The largest absolute Gasteiger partial charge is 0.633 e. The van der Waals surface area contributed by atoms with Crippen LogP contribution in [0.1, 0.15) is 35.3 Å². The lowest BCUT2D eigenvalue weighted by molar-refractivity contribution is -0.840. The fourth-order valence-electron chi connectivity index (χ4n) is 4.43. The van der Waals surface area contributed by atoms with E-state index in [1.165, 1.54) is 12.1 Å². The molecule has 0 radical (unpaired) electrons. The Morgan fingerprint density at radius 2 is 1.94 bits per heavy atom. The van der Waals surface area contributed by atoms with Crippen LogP contribution in [-0.4, -0.2) is 59.9 Å². The van der Waals surface area contributed by atoms with Crippen LogP contribution in [0, 0.1) is 11.0 Å². The number of benzene rings is 3. The summed E-state index contributed by atoms with van der Waals surface area (Å²) in [5, 5.41) is 20.5. The van der Waals surface area contributed by atoms with Crippen LogP contribution in [-0.2, 0) is 0 Å². The van der Waals surface area contributed by atoms with Crippen LogP contribution in [0.25, 0.3) is 22.0 Å². The fraction of sp³-hybridized carbons (Fsp3) is 0.286. The summed E-state index contributed by atoms with van der Waals surface area (Å²) in [6.45, 7) is 2.59. The first-order chi connectivity index (χ1) is 17.2. The van der Waals surface area contributed by atoms with Gasteiger partial charge in [-0.3, -0.25) is 9.89 Å². The van der Waals surface area contributed by atoms with E-state index in [4.69, 9.17) is 4.74 Å². The normalized spacial score (nSPS) is 12.5. The van der Waals surface area contributed by atoms with Crippen LogP contribution in [0.4, 0.5) is 4.39 Å². The van der Waals surface area contributed by atoms with Crippen LogP contribution < -0.4 is 4.74 Å². The van der Waals surface area contributed by atoms with Gasteiger partial charge >= 0.3 is 0 Å². The molecule has 0 saturated carbocycles. The van der Waals surface area contributed by atoms with Crippen molar-refractivity contribution in [1.82, 2.24) is 15.1 Å². The number of H-pyrrole nitrogens is 1. The lowest BCUT2D eigenvalue weighted by Crippen LogP contribution is -2.38. The molecular weight excluding hydrogens is 459 g/mol. The molecule has 0 unspecified atom stereocenters. The van der Waals surface area contributed by atoms with Gasteiger partial charge in [-0.25, -0.2) is 4.39 Å². The Labute approximate surface area is 210 Å². The maximum atomic E-state index is 13.8. The van der Waals surface area contributed by atoms with Gasteiger partial charge in [0.2, 0.25) is 0 Å². The third-order valence-electron chi connectivity index (χ3n) is 6.26. The molecule has 0 aliphatic rings. The van der Waals surface area contributed by atoms with Crippen molar-refractivity contribution in [3.63, 3.8) is 0 Å². The average molecular weight is 491 g/mol. The van der Waals surface area contributed by atoms with E-state index in [1.807, 2.05) is 25.1 Å². The van der Waals surface area contributed by atoms with Gasteiger partial charge in [0.1, 0.15) is 11.6 Å². The van der Waals surface area contributed by atoms with Gasteiger partial charge in [-0.05, 0) is 42.8 Å². The summed E-state index contributed by atoms with van der Waals surface area (Å²) in [5.74, 6) is -0.0447. The summed E-state index contributed by atoms with van der Waals surface area (Å²) >= 11 is 0. The molecule has 1 N–H and O–H groups in total. The van der Waals surface area contributed by atoms with E-state index in [9.17, 15) is 14.4 Å². The minimum absolute atomic E-state index is 0.209. The second-order valence-electron chi connectivity index (χ2n) is 9.35. The number of hydroxylamine groups is 3. The molecule has 3 aromatic carbocycles. The zero-order valence-electron chi connectivity index (χ0n) is 21.0. The molecular formula is C28H31FN4O3. The molecule has 0 bridgehead atoms. The second-order valence-corrected chi connectivity index (χ2v) is 9.35. The number of hydrogen-bond donors (Lipinski definition) is 1. The van der Waals surface area contributed by atoms with E-state index < -0.39 is 4.65 Å². The predicted molar refractivity (Wildman–Crippen MR) is 139 cm³/mol. The number of hydrogen-bond acceptors (Lipinski definition) is 4. The lowest BCUT2D eigenvalue weighted by Gasteiger charge is -2.37. The number of rotatable bonds is 9. The monoisotopic (exact) mass is 490 g/mol. The first kappa shape index (κ1) is 25.3. The Hall–Kier alpha value is -3.75. The SMILES string of the molecule is CCOc1cc(C(=O)N(C)[C@H](CC[N+](C)(C)[O-])c2cccc3cn[nH]c23)ccc1-c1cccc(F)c1. The summed E-state index contributed by atoms with van der Waals surface area (Å²) in [6, 6.07) is 17.0. The molecule has 0 aliphatic heterocycles. The number of nitrogens with zero attached hydrogens (tertiary/aromatic N) is 3. The third-order valence-corrected chi connectivity index (χ3v) is 6.26. The van der Waals surface area contributed by atoms with Crippen molar-refractivity contribution >= 4 is 16.8 Å². The minimum Gasteiger partial charge on any atom is -0.633 e. The number of carbonyl (C=O) groups is 1. The van der Waals surface area contributed by atoms with E-state index in [0.717, 1.165) is 16.5 Å². The lowest BCUT2D eigenvalue weighted by atomic mass is 9.98. The first-order valence-corrected chi connectivity index (χ1v) is 11.9. The molecule has 1 amide bonds. The summed E-state index contributed by atoms with van der Waals surface area (Å²) in [4.78, 5) is 15.4. The molecule has 0 spiro atoms. The number of quaternary nitrogens is 1. The van der Waals surface area contributed by atoms with E-state index in [-0.39, 0.29) is 17.8 Å². The molecule has 188 valence electrons. The topological polar surface area (TPSA) is 81.3 Å². The Kier molecular flexibility index (Phi) is 7.37.